The molecule has 146 valence electrons. The molecule has 2 aliphatic rings. The Bertz CT molecular complexity index is 942. The molecule has 2 aromatic rings. The van der Waals surface area contributed by atoms with E-state index in [0.29, 0.717) is 5.92 Å². The van der Waals surface area contributed by atoms with E-state index in [2.05, 4.69) is 24.4 Å². The van der Waals surface area contributed by atoms with Crippen LogP contribution in [0.25, 0.3) is 11.0 Å². The molecule has 27 heavy (non-hydrogen) atoms. The van der Waals surface area contributed by atoms with Crippen molar-refractivity contribution in [3.05, 3.63) is 33.7 Å². The van der Waals surface area contributed by atoms with Crippen molar-refractivity contribution in [2.24, 2.45) is 20.0 Å². The fraction of sp³-hybridized carbons (Fsp3) is 0.619. The molecule has 2 heterocycles. The third-order valence-corrected chi connectivity index (χ3v) is 6.47. The molecule has 0 unspecified atom stereocenters. The Morgan fingerprint density at radius 1 is 1.15 bits per heavy atom. The van der Waals surface area contributed by atoms with Gasteiger partial charge in [-0.05, 0) is 49.4 Å². The van der Waals surface area contributed by atoms with E-state index in [0.717, 1.165) is 41.4 Å². The van der Waals surface area contributed by atoms with E-state index in [1.807, 2.05) is 7.05 Å². The molecule has 0 bridgehead atoms. The van der Waals surface area contributed by atoms with Gasteiger partial charge in [-0.15, -0.1) is 0 Å². The predicted octanol–water partition coefficient (Wildman–Crippen LogP) is 2.71. The van der Waals surface area contributed by atoms with E-state index in [1.165, 1.54) is 12.8 Å². The number of hydrogen-bond donors (Lipinski definition) is 1. The maximum Gasteiger partial charge on any atom is 0.328 e. The number of hydrogen-bond acceptors (Lipinski definition) is 3. The fourth-order valence-electron chi connectivity index (χ4n) is 5.07. The summed E-state index contributed by atoms with van der Waals surface area (Å²) in [5, 5.41) is 3.18. The Morgan fingerprint density at radius 3 is 2.52 bits per heavy atom. The summed E-state index contributed by atoms with van der Waals surface area (Å²) in [4.78, 5) is 24.1. The average Bonchev–Trinajstić information content (AvgIpc) is 2.84. The summed E-state index contributed by atoms with van der Waals surface area (Å²) in [7, 11) is 3.61. The first-order valence-corrected chi connectivity index (χ1v) is 9.95. The number of aromatic nitrogens is 2. The Morgan fingerprint density at radius 2 is 1.81 bits per heavy atom. The second kappa shape index (κ2) is 6.82. The Balaban J connectivity index is 1.73. The average molecular weight is 371 g/mol. The van der Waals surface area contributed by atoms with E-state index in [9.17, 15) is 9.59 Å². The molecule has 1 aromatic heterocycles. The molecule has 1 aliphatic carbocycles. The number of carbonyl (C=O) groups is 1. The molecule has 1 aliphatic heterocycles. The van der Waals surface area contributed by atoms with Crippen LogP contribution >= 0.6 is 0 Å². The van der Waals surface area contributed by atoms with Crippen molar-refractivity contribution in [1.82, 2.24) is 14.5 Å². The largest absolute Gasteiger partial charge is 0.370 e. The highest BCUT2D eigenvalue weighted by Gasteiger charge is 2.41. The minimum atomic E-state index is -0.0547. The standard InChI is InChI=1S/C21H29N3O3/c1-12-9-17-18(24(4)21(26)23(17)3)10-15(12)20-11-16(22-13(2)25)14-7-5-6-8-19(14)27-20/h9-10,14,16,19-20H,5-8,11H2,1-4H3,(H,22,25)/t14-,16+,19+,20+/m0/s1. The summed E-state index contributed by atoms with van der Waals surface area (Å²) >= 11 is 0. The molecule has 1 amide bonds. The first-order valence-electron chi connectivity index (χ1n) is 9.95. The van der Waals surface area contributed by atoms with Gasteiger partial charge in [-0.25, -0.2) is 4.79 Å². The molecule has 2 fully saturated rings. The first-order chi connectivity index (χ1) is 12.9. The zero-order valence-corrected chi connectivity index (χ0v) is 16.6. The number of imidazole rings is 1. The molecule has 1 saturated heterocycles. The molecule has 1 aromatic carbocycles. The number of ether oxygens (including phenoxy) is 1. The minimum absolute atomic E-state index is 0.0189. The van der Waals surface area contributed by atoms with Crippen molar-refractivity contribution in [1.29, 1.82) is 0 Å². The summed E-state index contributed by atoms with van der Waals surface area (Å²) in [6.45, 7) is 3.68. The predicted molar refractivity (Wildman–Crippen MR) is 105 cm³/mol. The lowest BCUT2D eigenvalue weighted by atomic mass is 9.76. The molecule has 4 rings (SSSR count). The third kappa shape index (κ3) is 3.10. The van der Waals surface area contributed by atoms with Crippen LogP contribution in [0.15, 0.2) is 16.9 Å². The molecular formula is C21H29N3O3. The first kappa shape index (κ1) is 18.3. The second-order valence-corrected chi connectivity index (χ2v) is 8.25. The van der Waals surface area contributed by atoms with Gasteiger partial charge in [0.2, 0.25) is 5.91 Å². The van der Waals surface area contributed by atoms with Gasteiger partial charge in [-0.1, -0.05) is 12.8 Å². The van der Waals surface area contributed by atoms with Gasteiger partial charge in [0.15, 0.2) is 0 Å². The molecule has 4 atom stereocenters. The number of amides is 1. The summed E-state index contributed by atoms with van der Waals surface area (Å²) in [6, 6.07) is 4.33. The monoisotopic (exact) mass is 371 g/mol. The molecule has 0 spiro atoms. The van der Waals surface area contributed by atoms with Crippen LogP contribution < -0.4 is 11.0 Å². The molecular weight excluding hydrogens is 342 g/mol. The van der Waals surface area contributed by atoms with Crippen molar-refractivity contribution >= 4 is 16.9 Å². The van der Waals surface area contributed by atoms with Crippen molar-refractivity contribution < 1.29 is 9.53 Å². The molecule has 6 nitrogen and oxygen atoms in total. The molecule has 1 saturated carbocycles. The molecule has 6 heteroatoms. The van der Waals surface area contributed by atoms with Crippen molar-refractivity contribution in [2.75, 3.05) is 0 Å². The SMILES string of the molecule is CC(=O)N[C@@H]1C[C@H](c2cc3c(cc2C)n(C)c(=O)n3C)O[C@@H]2CCCC[C@@H]12. The van der Waals surface area contributed by atoms with Crippen LogP contribution in [0.5, 0.6) is 0 Å². The number of nitrogens with zero attached hydrogens (tertiary/aromatic N) is 2. The zero-order chi connectivity index (χ0) is 19.3. The van der Waals surface area contributed by atoms with Crippen LogP contribution in [0.3, 0.4) is 0 Å². The topological polar surface area (TPSA) is 65.3 Å². The van der Waals surface area contributed by atoms with E-state index in [4.69, 9.17) is 4.74 Å². The number of carbonyl (C=O) groups excluding carboxylic acids is 1. The van der Waals surface area contributed by atoms with Gasteiger partial charge in [-0.3, -0.25) is 13.9 Å². The Kier molecular flexibility index (Phi) is 4.62. The van der Waals surface area contributed by atoms with E-state index in [-0.39, 0.29) is 29.8 Å². The lowest BCUT2D eigenvalue weighted by Crippen LogP contribution is -2.50. The highest BCUT2D eigenvalue weighted by molar-refractivity contribution is 5.78. The van der Waals surface area contributed by atoms with Crippen LogP contribution in [-0.4, -0.2) is 27.2 Å². The third-order valence-electron chi connectivity index (χ3n) is 6.47. The van der Waals surface area contributed by atoms with Gasteiger partial charge >= 0.3 is 5.69 Å². The lowest BCUT2D eigenvalue weighted by molar-refractivity contribution is -0.131. The summed E-state index contributed by atoms with van der Waals surface area (Å²) in [5.41, 5.74) is 4.10. The van der Waals surface area contributed by atoms with E-state index in [1.54, 1.807) is 23.1 Å². The summed E-state index contributed by atoms with van der Waals surface area (Å²) < 4.78 is 9.93. The van der Waals surface area contributed by atoms with E-state index < -0.39 is 0 Å². The van der Waals surface area contributed by atoms with Crippen LogP contribution in [0.2, 0.25) is 0 Å². The number of nitrogens with one attached hydrogen (secondary N) is 1. The maximum absolute atomic E-state index is 12.3. The zero-order valence-electron chi connectivity index (χ0n) is 16.6. The van der Waals surface area contributed by atoms with Crippen LogP contribution in [0.1, 0.15) is 56.3 Å². The van der Waals surface area contributed by atoms with Gasteiger partial charge in [0.05, 0.1) is 23.2 Å². The van der Waals surface area contributed by atoms with Crippen molar-refractivity contribution in [2.45, 2.75) is 64.2 Å². The van der Waals surface area contributed by atoms with Crippen molar-refractivity contribution in [3.8, 4) is 0 Å². The van der Waals surface area contributed by atoms with Crippen molar-refractivity contribution in [3.63, 3.8) is 0 Å². The highest BCUT2D eigenvalue weighted by atomic mass is 16.5. The number of aryl methyl sites for hydroxylation is 3. The van der Waals surface area contributed by atoms with Gasteiger partial charge < -0.3 is 10.1 Å². The van der Waals surface area contributed by atoms with Gasteiger partial charge in [0.1, 0.15) is 0 Å². The number of rotatable bonds is 2. The maximum atomic E-state index is 12.3. The van der Waals surface area contributed by atoms with Crippen LogP contribution in [-0.2, 0) is 23.6 Å². The normalized spacial score (nSPS) is 28.1. The highest BCUT2D eigenvalue weighted by Crippen LogP contribution is 2.42. The van der Waals surface area contributed by atoms with E-state index >= 15 is 0 Å². The second-order valence-electron chi connectivity index (χ2n) is 8.25. The van der Waals surface area contributed by atoms with Gasteiger partial charge in [0.25, 0.3) is 0 Å². The van der Waals surface area contributed by atoms with Crippen LogP contribution in [0.4, 0.5) is 0 Å². The Labute approximate surface area is 159 Å². The molecule has 1 N–H and O–H groups in total. The fourth-order valence-corrected chi connectivity index (χ4v) is 5.07. The number of benzene rings is 1. The van der Waals surface area contributed by atoms with Gasteiger partial charge in [-0.2, -0.15) is 0 Å². The number of fused-ring (bicyclic) bond motifs is 2. The van der Waals surface area contributed by atoms with Crippen LogP contribution in [0, 0.1) is 12.8 Å². The summed E-state index contributed by atoms with van der Waals surface area (Å²) in [5.74, 6) is 0.437. The van der Waals surface area contributed by atoms with Gasteiger partial charge in [0, 0.05) is 33.0 Å². The quantitative estimate of drug-likeness (QED) is 0.883. The molecule has 0 radical (unpaired) electrons. The lowest BCUT2D eigenvalue weighted by Gasteiger charge is -2.45. The Hall–Kier alpha value is -2.08. The minimum Gasteiger partial charge on any atom is -0.370 e. The summed E-state index contributed by atoms with van der Waals surface area (Å²) in [6.07, 6.45) is 5.50. The smallest absolute Gasteiger partial charge is 0.328 e.